The van der Waals surface area contributed by atoms with Gasteiger partial charge in [0.15, 0.2) is 10.9 Å². The molecule has 1 spiro atoms. The lowest BCUT2D eigenvalue weighted by Gasteiger charge is -2.59. The summed E-state index contributed by atoms with van der Waals surface area (Å²) < 4.78 is 11.6. The van der Waals surface area contributed by atoms with Crippen LogP contribution < -0.4 is 15.4 Å². The topological polar surface area (TPSA) is 66.7 Å². The Balaban J connectivity index is 1.09. The molecule has 2 fully saturated rings. The van der Waals surface area contributed by atoms with E-state index in [1.165, 1.54) is 0 Å². The molecule has 2 aliphatic heterocycles. The van der Waals surface area contributed by atoms with Gasteiger partial charge in [0.1, 0.15) is 5.75 Å². The first-order valence-electron chi connectivity index (χ1n) is 9.54. The molecule has 3 aliphatic rings. The molecule has 28 heavy (non-hydrogen) atoms. The maximum absolute atomic E-state index is 12.3. The van der Waals surface area contributed by atoms with Crippen molar-refractivity contribution in [1.29, 1.82) is 0 Å². The third-order valence-corrected chi connectivity index (χ3v) is 6.68. The first kappa shape index (κ1) is 18.2. The number of rotatable bonds is 5. The van der Waals surface area contributed by atoms with Crippen LogP contribution in [0.15, 0.2) is 39.8 Å². The zero-order chi connectivity index (χ0) is 19.3. The average molecular weight is 420 g/mol. The summed E-state index contributed by atoms with van der Waals surface area (Å²) in [5.74, 6) is 2.04. The van der Waals surface area contributed by atoms with E-state index in [2.05, 4.69) is 22.5 Å². The van der Waals surface area contributed by atoms with E-state index in [-0.39, 0.29) is 18.3 Å². The Labute approximate surface area is 172 Å². The predicted octanol–water partition coefficient (Wildman–Crippen LogP) is 4.03. The van der Waals surface area contributed by atoms with E-state index in [1.54, 1.807) is 17.8 Å². The van der Waals surface area contributed by atoms with Gasteiger partial charge in [-0.1, -0.05) is 30.3 Å². The Bertz CT molecular complexity index is 904. The van der Waals surface area contributed by atoms with Gasteiger partial charge in [0.05, 0.1) is 5.69 Å². The first-order chi connectivity index (χ1) is 13.5. The number of nitrogens with one attached hydrogen (secondary N) is 2. The van der Waals surface area contributed by atoms with Crippen molar-refractivity contribution in [3.8, 4) is 5.75 Å². The zero-order valence-corrected chi connectivity index (χ0v) is 17.1. The van der Waals surface area contributed by atoms with Crippen molar-refractivity contribution in [3.05, 3.63) is 41.1 Å². The van der Waals surface area contributed by atoms with Crippen LogP contribution in [-0.2, 0) is 0 Å². The van der Waals surface area contributed by atoms with Crippen molar-refractivity contribution in [2.45, 2.75) is 37.3 Å². The first-order valence-corrected chi connectivity index (χ1v) is 10.9. The number of hydrogen-bond acceptors (Lipinski definition) is 6. The molecular weight excluding hydrogens is 398 g/mol. The van der Waals surface area contributed by atoms with Gasteiger partial charge in [-0.2, -0.15) is 0 Å². The van der Waals surface area contributed by atoms with Crippen molar-refractivity contribution < 1.29 is 13.9 Å². The quantitative estimate of drug-likeness (QED) is 0.713. The Kier molecular flexibility index (Phi) is 4.49. The Morgan fingerprint density at radius 1 is 1.36 bits per heavy atom. The minimum absolute atomic E-state index is 0.118. The Morgan fingerprint density at radius 2 is 2.18 bits per heavy atom. The van der Waals surface area contributed by atoms with E-state index in [1.807, 2.05) is 24.3 Å². The molecule has 8 heteroatoms. The molecular formula is C20H22ClN3O3S. The zero-order valence-electron chi connectivity index (χ0n) is 15.5. The fraction of sp³-hybridized carbons (Fsp3) is 0.450. The van der Waals surface area contributed by atoms with Crippen LogP contribution in [0.2, 0.25) is 5.02 Å². The summed E-state index contributed by atoms with van der Waals surface area (Å²) >= 11 is 7.64. The van der Waals surface area contributed by atoms with Crippen LogP contribution >= 0.6 is 23.4 Å². The van der Waals surface area contributed by atoms with E-state index >= 15 is 0 Å². The van der Waals surface area contributed by atoms with Gasteiger partial charge in [0, 0.05) is 29.6 Å². The monoisotopic (exact) mass is 419 g/mol. The maximum Gasteiger partial charge on any atom is 0.287 e. The molecule has 5 rings (SSSR count). The number of carbonyl (C=O) groups excluding carboxylic acids is 1. The lowest BCUT2D eigenvalue weighted by Crippen LogP contribution is -2.69. The summed E-state index contributed by atoms with van der Waals surface area (Å²) in [4.78, 5) is 14.6. The number of thioether (sulfide) groups is 1. The van der Waals surface area contributed by atoms with Crippen molar-refractivity contribution in [3.63, 3.8) is 0 Å². The predicted molar refractivity (Wildman–Crippen MR) is 109 cm³/mol. The standard InChI is InChI=1S/C20H22ClN3O3S/c1-2-28-17-6-5-16(26-17)18(25)22-13-8-20(9-13)10-24(11-20)19-23-14-7-12(21)3-4-15(14)27-19/h3-7,13,19,23H,2,8-11H2,1H3,(H,22,25). The van der Waals surface area contributed by atoms with E-state index in [0.717, 1.165) is 48.2 Å². The van der Waals surface area contributed by atoms with Crippen molar-refractivity contribution in [2.24, 2.45) is 5.41 Å². The highest BCUT2D eigenvalue weighted by molar-refractivity contribution is 7.99. The summed E-state index contributed by atoms with van der Waals surface area (Å²) in [5.41, 5.74) is 1.23. The number of benzene rings is 1. The molecule has 1 saturated heterocycles. The van der Waals surface area contributed by atoms with Crippen molar-refractivity contribution >= 4 is 35.0 Å². The van der Waals surface area contributed by atoms with Crippen LogP contribution in [0, 0.1) is 5.41 Å². The number of amides is 1. The molecule has 6 nitrogen and oxygen atoms in total. The second-order valence-electron chi connectivity index (χ2n) is 7.79. The number of hydrogen-bond donors (Lipinski definition) is 2. The van der Waals surface area contributed by atoms with Gasteiger partial charge in [-0.15, -0.1) is 0 Å². The number of halogens is 1. The van der Waals surface area contributed by atoms with E-state index < -0.39 is 0 Å². The number of carbonyl (C=O) groups is 1. The highest BCUT2D eigenvalue weighted by Gasteiger charge is 2.55. The average Bonchev–Trinajstić information content (AvgIpc) is 3.22. The third-order valence-electron chi connectivity index (χ3n) is 5.65. The van der Waals surface area contributed by atoms with Crippen LogP contribution in [0.25, 0.3) is 0 Å². The fourth-order valence-corrected chi connectivity index (χ4v) is 5.18. The molecule has 0 bridgehead atoms. The van der Waals surface area contributed by atoms with Gasteiger partial charge in [-0.25, -0.2) is 4.90 Å². The minimum Gasteiger partial charge on any atom is -0.455 e. The van der Waals surface area contributed by atoms with E-state index in [9.17, 15) is 4.79 Å². The van der Waals surface area contributed by atoms with Crippen LogP contribution in [0.4, 0.5) is 5.69 Å². The molecule has 1 unspecified atom stereocenters. The molecule has 1 aromatic carbocycles. The lowest BCUT2D eigenvalue weighted by molar-refractivity contribution is -0.128. The van der Waals surface area contributed by atoms with Crippen molar-refractivity contribution in [2.75, 3.05) is 24.2 Å². The molecule has 1 saturated carbocycles. The minimum atomic E-state index is -0.134. The Morgan fingerprint density at radius 3 is 2.96 bits per heavy atom. The normalized spacial score (nSPS) is 22.7. The number of nitrogens with zero attached hydrogens (tertiary/aromatic N) is 1. The van der Waals surface area contributed by atoms with E-state index in [0.29, 0.717) is 16.2 Å². The second-order valence-corrected chi connectivity index (χ2v) is 9.50. The van der Waals surface area contributed by atoms with Gasteiger partial charge in [-0.05, 0) is 48.9 Å². The smallest absolute Gasteiger partial charge is 0.287 e. The van der Waals surface area contributed by atoms with Gasteiger partial charge < -0.3 is 19.8 Å². The lowest BCUT2D eigenvalue weighted by atomic mass is 9.60. The molecule has 2 N–H and O–H groups in total. The highest BCUT2D eigenvalue weighted by atomic mass is 35.5. The number of anilines is 1. The second kappa shape index (κ2) is 6.90. The third kappa shape index (κ3) is 3.25. The number of ether oxygens (including phenoxy) is 1. The number of fused-ring (bicyclic) bond motifs is 1. The van der Waals surface area contributed by atoms with Crippen LogP contribution in [0.1, 0.15) is 30.3 Å². The van der Waals surface area contributed by atoms with Crippen LogP contribution in [-0.4, -0.2) is 42.0 Å². The van der Waals surface area contributed by atoms with Gasteiger partial charge in [-0.3, -0.25) is 4.79 Å². The van der Waals surface area contributed by atoms with Gasteiger partial charge in [0.2, 0.25) is 6.35 Å². The van der Waals surface area contributed by atoms with Crippen molar-refractivity contribution in [1.82, 2.24) is 10.2 Å². The maximum atomic E-state index is 12.3. The SMILES string of the molecule is CCSc1ccc(C(=O)NC2CC3(C2)CN(C2Nc4cc(Cl)ccc4O2)C3)o1. The van der Waals surface area contributed by atoms with Gasteiger partial charge >= 0.3 is 0 Å². The molecule has 1 aliphatic carbocycles. The summed E-state index contributed by atoms with van der Waals surface area (Å²) in [6, 6.07) is 9.45. The number of furan rings is 1. The molecule has 1 atom stereocenters. The molecule has 148 valence electrons. The summed E-state index contributed by atoms with van der Waals surface area (Å²) in [5, 5.41) is 7.96. The molecule has 3 heterocycles. The molecule has 0 radical (unpaired) electrons. The Hall–Kier alpha value is -1.83. The largest absolute Gasteiger partial charge is 0.455 e. The van der Waals surface area contributed by atoms with E-state index in [4.69, 9.17) is 20.8 Å². The molecule has 2 aromatic rings. The number of likely N-dealkylation sites (tertiary alicyclic amines) is 1. The van der Waals surface area contributed by atoms with Crippen LogP contribution in [0.5, 0.6) is 5.75 Å². The van der Waals surface area contributed by atoms with Gasteiger partial charge in [0.25, 0.3) is 5.91 Å². The summed E-state index contributed by atoms with van der Waals surface area (Å²) in [6.45, 7) is 4.00. The molecule has 1 amide bonds. The summed E-state index contributed by atoms with van der Waals surface area (Å²) in [7, 11) is 0. The fourth-order valence-electron chi connectivity index (χ4n) is 4.41. The molecule has 1 aromatic heterocycles. The highest BCUT2D eigenvalue weighted by Crippen LogP contribution is 2.50. The summed E-state index contributed by atoms with van der Waals surface area (Å²) in [6.07, 6.45) is 1.86. The van der Waals surface area contributed by atoms with Crippen LogP contribution in [0.3, 0.4) is 0 Å².